The lowest BCUT2D eigenvalue weighted by Crippen LogP contribution is -2.16. The molecule has 1 amide bonds. The summed E-state index contributed by atoms with van der Waals surface area (Å²) in [4.78, 5) is 23.3. The normalized spacial score (nSPS) is 10.7. The highest BCUT2D eigenvalue weighted by molar-refractivity contribution is 6.05. The molecular formula is C19H18N2O2. The van der Waals surface area contributed by atoms with Gasteiger partial charge in [0.15, 0.2) is 0 Å². The first-order chi connectivity index (χ1) is 10.9. The van der Waals surface area contributed by atoms with Crippen LogP contribution in [0.1, 0.15) is 45.7 Å². The standard InChI is InChI=1S/C19H18N2O2/c1-13-15(11-22)5-4-6-17(13)21-18(23)14-7-9-16(10-8-14)19(2,3)12-20/h4-11H,1-3H3,(H,21,23). The quantitative estimate of drug-likeness (QED) is 0.872. The number of benzene rings is 2. The van der Waals surface area contributed by atoms with Crippen molar-refractivity contribution >= 4 is 17.9 Å². The first-order valence-electron chi connectivity index (χ1n) is 7.27. The van der Waals surface area contributed by atoms with Crippen LogP contribution in [0.5, 0.6) is 0 Å². The number of anilines is 1. The smallest absolute Gasteiger partial charge is 0.255 e. The van der Waals surface area contributed by atoms with Gasteiger partial charge in [0, 0.05) is 16.8 Å². The number of nitrogens with one attached hydrogen (secondary N) is 1. The number of nitriles is 1. The fourth-order valence-corrected chi connectivity index (χ4v) is 2.21. The maximum atomic E-state index is 12.3. The predicted molar refractivity (Wildman–Crippen MR) is 89.6 cm³/mol. The molecule has 0 aliphatic carbocycles. The molecule has 4 nitrogen and oxygen atoms in total. The lowest BCUT2D eigenvalue weighted by molar-refractivity contribution is 0.102. The van der Waals surface area contributed by atoms with Gasteiger partial charge in [-0.3, -0.25) is 9.59 Å². The van der Waals surface area contributed by atoms with Gasteiger partial charge in [-0.2, -0.15) is 5.26 Å². The molecule has 2 aromatic rings. The molecule has 0 spiro atoms. The Bertz CT molecular complexity index is 784. The van der Waals surface area contributed by atoms with Gasteiger partial charge in [0.1, 0.15) is 6.29 Å². The van der Waals surface area contributed by atoms with Crippen LogP contribution in [0, 0.1) is 18.3 Å². The van der Waals surface area contributed by atoms with Crippen LogP contribution in [-0.4, -0.2) is 12.2 Å². The summed E-state index contributed by atoms with van der Waals surface area (Å²) in [5, 5.41) is 12.0. The molecular weight excluding hydrogens is 288 g/mol. The molecule has 1 N–H and O–H groups in total. The molecule has 0 fully saturated rings. The summed E-state index contributed by atoms with van der Waals surface area (Å²) in [6, 6.07) is 14.4. The largest absolute Gasteiger partial charge is 0.322 e. The fourth-order valence-electron chi connectivity index (χ4n) is 2.21. The van der Waals surface area contributed by atoms with Crippen molar-refractivity contribution in [2.24, 2.45) is 0 Å². The SMILES string of the molecule is Cc1c(C=O)cccc1NC(=O)c1ccc(C(C)(C)C#N)cc1. The number of rotatable bonds is 4. The topological polar surface area (TPSA) is 70.0 Å². The minimum Gasteiger partial charge on any atom is -0.322 e. The van der Waals surface area contributed by atoms with E-state index in [-0.39, 0.29) is 5.91 Å². The third kappa shape index (κ3) is 3.46. The molecule has 4 heteroatoms. The number of aldehydes is 1. The lowest BCUT2D eigenvalue weighted by atomic mass is 9.86. The average Bonchev–Trinajstić information content (AvgIpc) is 2.56. The van der Waals surface area contributed by atoms with Gasteiger partial charge in [0.2, 0.25) is 0 Å². The van der Waals surface area contributed by atoms with Gasteiger partial charge in [0.05, 0.1) is 11.5 Å². The van der Waals surface area contributed by atoms with E-state index < -0.39 is 5.41 Å². The summed E-state index contributed by atoms with van der Waals surface area (Å²) in [6.45, 7) is 5.45. The first-order valence-corrected chi connectivity index (χ1v) is 7.27. The fraction of sp³-hybridized carbons (Fsp3) is 0.211. The van der Waals surface area contributed by atoms with Crippen molar-refractivity contribution in [2.75, 3.05) is 5.32 Å². The van der Waals surface area contributed by atoms with Crippen LogP contribution >= 0.6 is 0 Å². The molecule has 23 heavy (non-hydrogen) atoms. The summed E-state index contributed by atoms with van der Waals surface area (Å²) in [6.07, 6.45) is 0.768. The molecule has 0 unspecified atom stereocenters. The van der Waals surface area contributed by atoms with Crippen molar-refractivity contribution in [3.63, 3.8) is 0 Å². The Balaban J connectivity index is 2.22. The van der Waals surface area contributed by atoms with E-state index >= 15 is 0 Å². The monoisotopic (exact) mass is 306 g/mol. The van der Waals surface area contributed by atoms with Crippen LogP contribution < -0.4 is 5.32 Å². The molecule has 0 atom stereocenters. The zero-order valence-corrected chi connectivity index (χ0v) is 13.4. The molecule has 116 valence electrons. The van der Waals surface area contributed by atoms with E-state index in [9.17, 15) is 9.59 Å². The van der Waals surface area contributed by atoms with Crippen LogP contribution in [-0.2, 0) is 5.41 Å². The molecule has 0 radical (unpaired) electrons. The summed E-state index contributed by atoms with van der Waals surface area (Å²) < 4.78 is 0. The van der Waals surface area contributed by atoms with Gasteiger partial charge in [-0.25, -0.2) is 0 Å². The van der Waals surface area contributed by atoms with Crippen LogP contribution in [0.2, 0.25) is 0 Å². The summed E-state index contributed by atoms with van der Waals surface area (Å²) in [5.41, 5.74) is 2.66. The van der Waals surface area contributed by atoms with Crippen molar-refractivity contribution < 1.29 is 9.59 Å². The summed E-state index contributed by atoms with van der Waals surface area (Å²) in [7, 11) is 0. The van der Waals surface area contributed by atoms with Gasteiger partial charge in [-0.05, 0) is 50.1 Å². The van der Waals surface area contributed by atoms with E-state index in [1.807, 2.05) is 13.8 Å². The zero-order chi connectivity index (χ0) is 17.0. The Morgan fingerprint density at radius 3 is 2.39 bits per heavy atom. The Labute approximate surface area is 135 Å². The van der Waals surface area contributed by atoms with E-state index in [1.165, 1.54) is 0 Å². The Hall–Kier alpha value is -2.93. The number of hydrogen-bond donors (Lipinski definition) is 1. The highest BCUT2D eigenvalue weighted by Gasteiger charge is 2.20. The maximum Gasteiger partial charge on any atom is 0.255 e. The molecule has 0 bridgehead atoms. The third-order valence-corrected chi connectivity index (χ3v) is 3.90. The van der Waals surface area contributed by atoms with Gasteiger partial charge in [-0.15, -0.1) is 0 Å². The average molecular weight is 306 g/mol. The second-order valence-corrected chi connectivity index (χ2v) is 5.91. The van der Waals surface area contributed by atoms with Crippen LogP contribution in [0.25, 0.3) is 0 Å². The molecule has 0 aliphatic heterocycles. The van der Waals surface area contributed by atoms with Crippen molar-refractivity contribution in [1.82, 2.24) is 0 Å². The van der Waals surface area contributed by atoms with E-state index in [0.29, 0.717) is 16.8 Å². The minimum atomic E-state index is -0.593. The van der Waals surface area contributed by atoms with Crippen LogP contribution in [0.3, 0.4) is 0 Å². The van der Waals surface area contributed by atoms with Gasteiger partial charge < -0.3 is 5.32 Å². The predicted octanol–water partition coefficient (Wildman–Crippen LogP) is 3.86. The van der Waals surface area contributed by atoms with Crippen molar-refractivity contribution in [1.29, 1.82) is 5.26 Å². The van der Waals surface area contributed by atoms with Gasteiger partial charge in [-0.1, -0.05) is 24.3 Å². The van der Waals surface area contributed by atoms with Gasteiger partial charge in [0.25, 0.3) is 5.91 Å². The highest BCUT2D eigenvalue weighted by Crippen LogP contribution is 2.23. The Morgan fingerprint density at radius 1 is 1.17 bits per heavy atom. The molecule has 0 aromatic heterocycles. The second kappa shape index (κ2) is 6.45. The molecule has 0 saturated heterocycles. The molecule has 0 saturated carbocycles. The third-order valence-electron chi connectivity index (χ3n) is 3.90. The first kappa shape index (κ1) is 16.4. The molecule has 0 aliphatic rings. The minimum absolute atomic E-state index is 0.252. The molecule has 0 heterocycles. The van der Waals surface area contributed by atoms with Crippen molar-refractivity contribution in [3.05, 3.63) is 64.7 Å². The summed E-state index contributed by atoms with van der Waals surface area (Å²) in [5.74, 6) is -0.252. The van der Waals surface area contributed by atoms with Crippen molar-refractivity contribution in [3.8, 4) is 6.07 Å². The Morgan fingerprint density at radius 2 is 1.83 bits per heavy atom. The van der Waals surface area contributed by atoms with E-state index in [0.717, 1.165) is 17.4 Å². The maximum absolute atomic E-state index is 12.3. The van der Waals surface area contributed by atoms with E-state index in [4.69, 9.17) is 5.26 Å². The second-order valence-electron chi connectivity index (χ2n) is 5.91. The van der Waals surface area contributed by atoms with E-state index in [1.54, 1.807) is 49.4 Å². The number of hydrogen-bond acceptors (Lipinski definition) is 3. The lowest BCUT2D eigenvalue weighted by Gasteiger charge is -2.16. The molecule has 2 aromatic carbocycles. The summed E-state index contributed by atoms with van der Waals surface area (Å²) >= 11 is 0. The molecule has 2 rings (SSSR count). The number of amides is 1. The Kier molecular flexibility index (Phi) is 4.61. The van der Waals surface area contributed by atoms with Crippen molar-refractivity contribution in [2.45, 2.75) is 26.2 Å². The number of carbonyl (C=O) groups is 2. The highest BCUT2D eigenvalue weighted by atomic mass is 16.1. The zero-order valence-electron chi connectivity index (χ0n) is 13.4. The van der Waals surface area contributed by atoms with Gasteiger partial charge >= 0.3 is 0 Å². The van der Waals surface area contributed by atoms with Crippen LogP contribution in [0.15, 0.2) is 42.5 Å². The number of nitrogens with zero attached hydrogens (tertiary/aromatic N) is 1. The van der Waals surface area contributed by atoms with Crippen LogP contribution in [0.4, 0.5) is 5.69 Å². The number of carbonyl (C=O) groups excluding carboxylic acids is 2. The van der Waals surface area contributed by atoms with E-state index in [2.05, 4.69) is 11.4 Å².